The fraction of sp³-hybridized carbons (Fsp3) is 0.143. The molecule has 4 rings (SSSR count). The highest BCUT2D eigenvalue weighted by Crippen LogP contribution is 2.32. The van der Waals surface area contributed by atoms with E-state index in [1.807, 2.05) is 31.2 Å². The first kappa shape index (κ1) is 24.8. The van der Waals surface area contributed by atoms with Crippen molar-refractivity contribution < 1.29 is 18.0 Å². The number of carbonyl (C=O) groups excluding carboxylic acids is 1. The fourth-order valence-electron chi connectivity index (χ4n) is 3.78. The van der Waals surface area contributed by atoms with Gasteiger partial charge in [0.2, 0.25) is 0 Å². The molecular weight excluding hydrogens is 465 g/mol. The summed E-state index contributed by atoms with van der Waals surface area (Å²) < 4.78 is 38.8. The molecule has 4 N–H and O–H groups in total. The van der Waals surface area contributed by atoms with E-state index in [4.69, 9.17) is 5.73 Å². The predicted octanol–water partition coefficient (Wildman–Crippen LogP) is 6.56. The van der Waals surface area contributed by atoms with Crippen molar-refractivity contribution in [3.63, 3.8) is 0 Å². The Morgan fingerprint density at radius 2 is 1.61 bits per heavy atom. The van der Waals surface area contributed by atoms with E-state index in [9.17, 15) is 18.0 Å². The van der Waals surface area contributed by atoms with Gasteiger partial charge < -0.3 is 16.4 Å². The third kappa shape index (κ3) is 6.21. The average molecular weight is 491 g/mol. The lowest BCUT2D eigenvalue weighted by Crippen LogP contribution is -2.13. The van der Waals surface area contributed by atoms with Crippen LogP contribution in [0.4, 0.5) is 30.4 Å². The van der Waals surface area contributed by atoms with Crippen molar-refractivity contribution in [2.45, 2.75) is 19.5 Å². The lowest BCUT2D eigenvalue weighted by atomic mass is 9.96. The van der Waals surface area contributed by atoms with Crippen molar-refractivity contribution in [3.8, 4) is 11.1 Å². The molecule has 0 aliphatic rings. The van der Waals surface area contributed by atoms with E-state index in [2.05, 4.69) is 15.6 Å². The molecule has 0 fully saturated rings. The van der Waals surface area contributed by atoms with Gasteiger partial charge in [-0.2, -0.15) is 13.2 Å². The minimum atomic E-state index is -4.42. The molecule has 0 bridgehead atoms. The Kier molecular flexibility index (Phi) is 7.24. The number of hydrogen-bond donors (Lipinski definition) is 3. The summed E-state index contributed by atoms with van der Waals surface area (Å²) in [4.78, 5) is 17.3. The number of aromatic nitrogens is 1. The molecular formula is C28H25F3N4O. The first-order chi connectivity index (χ1) is 17.2. The predicted molar refractivity (Wildman–Crippen MR) is 137 cm³/mol. The summed E-state index contributed by atoms with van der Waals surface area (Å²) in [5.41, 5.74) is 9.72. The summed E-state index contributed by atoms with van der Waals surface area (Å²) in [5.74, 6) is 0.140. The zero-order chi connectivity index (χ0) is 25.7. The number of aryl methyl sites for hydroxylation is 1. The Balaban J connectivity index is 1.43. The van der Waals surface area contributed by atoms with E-state index in [1.54, 1.807) is 36.4 Å². The Labute approximate surface area is 207 Å². The molecule has 1 heterocycles. The largest absolute Gasteiger partial charge is 0.416 e. The van der Waals surface area contributed by atoms with E-state index in [0.717, 1.165) is 29.1 Å². The second kappa shape index (κ2) is 10.5. The van der Waals surface area contributed by atoms with Gasteiger partial charge in [-0.3, -0.25) is 4.79 Å². The van der Waals surface area contributed by atoms with Crippen LogP contribution in [0, 0.1) is 6.92 Å². The number of benzene rings is 3. The molecule has 184 valence electrons. The first-order valence-electron chi connectivity index (χ1n) is 11.3. The molecule has 0 atom stereocenters. The summed E-state index contributed by atoms with van der Waals surface area (Å²) in [6.07, 6.45) is -3.71. The van der Waals surface area contributed by atoms with Gasteiger partial charge in [0, 0.05) is 35.6 Å². The van der Waals surface area contributed by atoms with Gasteiger partial charge in [-0.15, -0.1) is 0 Å². The number of halogens is 3. The van der Waals surface area contributed by atoms with Crippen LogP contribution in [0.15, 0.2) is 84.9 Å². The monoisotopic (exact) mass is 490 g/mol. The number of amides is 1. The van der Waals surface area contributed by atoms with Crippen LogP contribution in [-0.2, 0) is 12.6 Å². The second-order valence-electron chi connectivity index (χ2n) is 8.39. The molecule has 1 amide bonds. The Hall–Kier alpha value is -4.33. The number of nitrogen functional groups attached to an aromatic ring is 1. The number of nitrogens with zero attached hydrogens (tertiary/aromatic N) is 1. The molecule has 3 aromatic carbocycles. The summed E-state index contributed by atoms with van der Waals surface area (Å²) in [5, 5.41) is 6.17. The number of nitrogens with two attached hydrogens (primary N) is 1. The van der Waals surface area contributed by atoms with Crippen LogP contribution in [0.5, 0.6) is 0 Å². The molecule has 8 heteroatoms. The van der Waals surface area contributed by atoms with Gasteiger partial charge in [0.15, 0.2) is 0 Å². The number of anilines is 3. The topological polar surface area (TPSA) is 80.0 Å². The zero-order valence-corrected chi connectivity index (χ0v) is 19.6. The van der Waals surface area contributed by atoms with Crippen LogP contribution < -0.4 is 16.4 Å². The van der Waals surface area contributed by atoms with Gasteiger partial charge in [0.1, 0.15) is 5.82 Å². The van der Waals surface area contributed by atoms with Crippen molar-refractivity contribution in [1.82, 2.24) is 4.98 Å². The maximum Gasteiger partial charge on any atom is 0.416 e. The molecule has 4 aromatic rings. The van der Waals surface area contributed by atoms with Gasteiger partial charge in [0.05, 0.1) is 5.56 Å². The van der Waals surface area contributed by atoms with E-state index in [-0.39, 0.29) is 5.91 Å². The van der Waals surface area contributed by atoms with E-state index in [0.29, 0.717) is 41.2 Å². The number of pyridine rings is 1. The molecule has 0 saturated carbocycles. The van der Waals surface area contributed by atoms with Crippen molar-refractivity contribution in [3.05, 3.63) is 107 Å². The standard InChI is InChI=1S/C28H25F3N4O/c1-18-5-14-24(25(17-18)19-6-8-20(9-7-19)28(29,30)31)27(36)35-23-12-10-21(11-13-23)33-16-15-22-3-2-4-26(32)34-22/h2-14,17,33H,15-16H2,1H3,(H2,32,34)(H,35,36). The summed E-state index contributed by atoms with van der Waals surface area (Å²) in [7, 11) is 0. The van der Waals surface area contributed by atoms with Crippen LogP contribution >= 0.6 is 0 Å². The number of rotatable bonds is 7. The van der Waals surface area contributed by atoms with E-state index in [1.165, 1.54) is 12.1 Å². The number of nitrogens with one attached hydrogen (secondary N) is 2. The minimum absolute atomic E-state index is 0.349. The first-order valence-corrected chi connectivity index (χ1v) is 11.3. The molecule has 0 radical (unpaired) electrons. The fourth-order valence-corrected chi connectivity index (χ4v) is 3.78. The molecule has 0 spiro atoms. The van der Waals surface area contributed by atoms with Crippen molar-refractivity contribution in [2.75, 3.05) is 22.9 Å². The lowest BCUT2D eigenvalue weighted by Gasteiger charge is -2.13. The molecule has 36 heavy (non-hydrogen) atoms. The molecule has 5 nitrogen and oxygen atoms in total. The maximum absolute atomic E-state index is 13.1. The number of alkyl halides is 3. The Morgan fingerprint density at radius 1 is 0.917 bits per heavy atom. The third-order valence-electron chi connectivity index (χ3n) is 5.62. The van der Waals surface area contributed by atoms with E-state index >= 15 is 0 Å². The zero-order valence-electron chi connectivity index (χ0n) is 19.6. The highest BCUT2D eigenvalue weighted by Gasteiger charge is 2.30. The Bertz CT molecular complexity index is 1350. The van der Waals surface area contributed by atoms with Crippen LogP contribution in [0.2, 0.25) is 0 Å². The maximum atomic E-state index is 13.1. The summed E-state index contributed by atoms with van der Waals surface area (Å²) >= 11 is 0. The number of hydrogen-bond acceptors (Lipinski definition) is 4. The van der Waals surface area contributed by atoms with Gasteiger partial charge in [-0.05, 0) is 72.6 Å². The molecule has 0 aliphatic carbocycles. The van der Waals surface area contributed by atoms with Crippen molar-refractivity contribution >= 4 is 23.1 Å². The van der Waals surface area contributed by atoms with E-state index < -0.39 is 11.7 Å². The van der Waals surface area contributed by atoms with Crippen LogP contribution in [0.3, 0.4) is 0 Å². The highest BCUT2D eigenvalue weighted by atomic mass is 19.4. The highest BCUT2D eigenvalue weighted by molar-refractivity contribution is 6.08. The smallest absolute Gasteiger partial charge is 0.385 e. The SMILES string of the molecule is Cc1ccc(C(=O)Nc2ccc(NCCc3cccc(N)n3)cc2)c(-c2ccc(C(F)(F)F)cc2)c1. The van der Waals surface area contributed by atoms with Crippen LogP contribution in [0.25, 0.3) is 11.1 Å². The minimum Gasteiger partial charge on any atom is -0.385 e. The lowest BCUT2D eigenvalue weighted by molar-refractivity contribution is -0.137. The van der Waals surface area contributed by atoms with Crippen molar-refractivity contribution in [2.24, 2.45) is 0 Å². The third-order valence-corrected chi connectivity index (χ3v) is 5.62. The average Bonchev–Trinajstić information content (AvgIpc) is 2.84. The summed E-state index contributed by atoms with van der Waals surface area (Å²) in [6.45, 7) is 2.53. The normalized spacial score (nSPS) is 11.2. The Morgan fingerprint density at radius 3 is 2.28 bits per heavy atom. The van der Waals surface area contributed by atoms with Gasteiger partial charge in [-0.1, -0.05) is 35.9 Å². The quantitative estimate of drug-likeness (QED) is 0.274. The molecule has 0 aliphatic heterocycles. The van der Waals surface area contributed by atoms with Crippen LogP contribution in [-0.4, -0.2) is 17.4 Å². The molecule has 0 unspecified atom stereocenters. The van der Waals surface area contributed by atoms with Gasteiger partial charge in [0.25, 0.3) is 5.91 Å². The van der Waals surface area contributed by atoms with Gasteiger partial charge in [-0.25, -0.2) is 4.98 Å². The van der Waals surface area contributed by atoms with Gasteiger partial charge >= 0.3 is 6.18 Å². The van der Waals surface area contributed by atoms with Crippen molar-refractivity contribution in [1.29, 1.82) is 0 Å². The van der Waals surface area contributed by atoms with Crippen LogP contribution in [0.1, 0.15) is 27.2 Å². The summed E-state index contributed by atoms with van der Waals surface area (Å²) in [6, 6.07) is 22.9. The molecule has 1 aromatic heterocycles. The molecule has 0 saturated heterocycles. The second-order valence-corrected chi connectivity index (χ2v) is 8.39. The number of carbonyl (C=O) groups is 1.